The van der Waals surface area contributed by atoms with Crippen LogP contribution in [0.4, 0.5) is 19.0 Å². The second-order valence-corrected chi connectivity index (χ2v) is 7.27. The number of allylic oxidation sites excluding steroid dienone is 2. The van der Waals surface area contributed by atoms with Crippen molar-refractivity contribution in [1.82, 2.24) is 10.3 Å². The number of carbonyl (C=O) groups is 2. The molecule has 4 N–H and O–H groups in total. The van der Waals surface area contributed by atoms with Crippen LogP contribution in [0.15, 0.2) is 59.3 Å². The van der Waals surface area contributed by atoms with E-state index in [1.54, 1.807) is 31.2 Å². The van der Waals surface area contributed by atoms with Gasteiger partial charge in [0.05, 0.1) is 16.9 Å². The predicted octanol–water partition coefficient (Wildman–Crippen LogP) is 3.47. The van der Waals surface area contributed by atoms with Gasteiger partial charge in [-0.05, 0) is 31.2 Å². The Balaban J connectivity index is 1.85. The Bertz CT molecular complexity index is 911. The Morgan fingerprint density at radius 3 is 2.53 bits per heavy atom. The van der Waals surface area contributed by atoms with E-state index in [4.69, 9.17) is 5.73 Å². The Labute approximate surface area is 176 Å². The average Bonchev–Trinajstić information content (AvgIpc) is 2.69. The maximum atomic E-state index is 12.5. The Morgan fingerprint density at radius 2 is 1.90 bits per heavy atom. The second kappa shape index (κ2) is 10.7. The fourth-order valence-corrected chi connectivity index (χ4v) is 3.22. The van der Waals surface area contributed by atoms with Crippen molar-refractivity contribution in [2.24, 2.45) is 5.73 Å². The standard InChI is InChI=1S/C20H21F3N4O2S/c1-13(24)10-15(28)12-30-17-5-3-2-4-16(17)19(29)26-9-8-25-18-7-6-14(11-27-18)20(21,22)23/h2-7,10-11H,8-9,12,24H2,1H3,(H,25,27)(H,26,29). The molecule has 1 aromatic heterocycles. The van der Waals surface area contributed by atoms with Gasteiger partial charge in [0.15, 0.2) is 5.78 Å². The molecular formula is C20H21F3N4O2S. The fraction of sp³-hybridized carbons (Fsp3) is 0.250. The maximum Gasteiger partial charge on any atom is 0.417 e. The first-order chi connectivity index (χ1) is 14.2. The minimum absolute atomic E-state index is 0.150. The first kappa shape index (κ1) is 23.3. The summed E-state index contributed by atoms with van der Waals surface area (Å²) in [5.74, 6) is -0.0447. The van der Waals surface area contributed by atoms with Gasteiger partial charge >= 0.3 is 6.18 Å². The van der Waals surface area contributed by atoms with Crippen LogP contribution in [-0.4, -0.2) is 35.5 Å². The zero-order valence-corrected chi connectivity index (χ0v) is 16.9. The van der Waals surface area contributed by atoms with Crippen LogP contribution in [-0.2, 0) is 11.0 Å². The van der Waals surface area contributed by atoms with Gasteiger partial charge in [-0.15, -0.1) is 11.8 Å². The molecule has 6 nitrogen and oxygen atoms in total. The summed E-state index contributed by atoms with van der Waals surface area (Å²) in [5, 5.41) is 5.57. The molecule has 0 aliphatic heterocycles. The number of anilines is 1. The van der Waals surface area contributed by atoms with Crippen molar-refractivity contribution in [3.63, 3.8) is 0 Å². The molecule has 0 aliphatic rings. The van der Waals surface area contributed by atoms with E-state index in [1.165, 1.54) is 23.9 Å². The molecule has 160 valence electrons. The molecule has 2 aromatic rings. The summed E-state index contributed by atoms with van der Waals surface area (Å²) in [6.07, 6.45) is -2.34. The molecule has 0 bridgehead atoms. The van der Waals surface area contributed by atoms with Gasteiger partial charge in [0.1, 0.15) is 5.82 Å². The van der Waals surface area contributed by atoms with E-state index < -0.39 is 11.7 Å². The van der Waals surface area contributed by atoms with Gasteiger partial charge in [-0.25, -0.2) is 4.98 Å². The van der Waals surface area contributed by atoms with Crippen molar-refractivity contribution in [3.05, 3.63) is 65.5 Å². The first-order valence-electron chi connectivity index (χ1n) is 8.90. The lowest BCUT2D eigenvalue weighted by molar-refractivity contribution is -0.137. The molecular weight excluding hydrogens is 417 g/mol. The predicted molar refractivity (Wildman–Crippen MR) is 110 cm³/mol. The van der Waals surface area contributed by atoms with Crippen molar-refractivity contribution in [2.45, 2.75) is 18.0 Å². The van der Waals surface area contributed by atoms with Crippen LogP contribution in [0.2, 0.25) is 0 Å². The molecule has 0 aliphatic carbocycles. The summed E-state index contributed by atoms with van der Waals surface area (Å²) >= 11 is 1.24. The summed E-state index contributed by atoms with van der Waals surface area (Å²) in [4.78, 5) is 28.6. The van der Waals surface area contributed by atoms with Gasteiger partial charge in [0, 0.05) is 36.0 Å². The monoisotopic (exact) mass is 438 g/mol. The lowest BCUT2D eigenvalue weighted by Crippen LogP contribution is -2.29. The number of amides is 1. The SMILES string of the molecule is CC(N)=CC(=O)CSc1ccccc1C(=O)NCCNc1ccc(C(F)(F)F)cn1. The molecule has 0 radical (unpaired) electrons. The quantitative estimate of drug-likeness (QED) is 0.315. The molecule has 1 amide bonds. The largest absolute Gasteiger partial charge is 0.417 e. The van der Waals surface area contributed by atoms with Crippen molar-refractivity contribution in [3.8, 4) is 0 Å². The van der Waals surface area contributed by atoms with Crippen molar-refractivity contribution >= 4 is 29.3 Å². The highest BCUT2D eigenvalue weighted by Crippen LogP contribution is 2.28. The number of nitrogens with two attached hydrogens (primary N) is 1. The first-order valence-corrected chi connectivity index (χ1v) is 9.89. The topological polar surface area (TPSA) is 97.1 Å². The van der Waals surface area contributed by atoms with Gasteiger partial charge in [-0.1, -0.05) is 12.1 Å². The number of ketones is 1. The number of halogens is 3. The number of alkyl halides is 3. The van der Waals surface area contributed by atoms with Gasteiger partial charge in [0.2, 0.25) is 0 Å². The number of hydrogen-bond donors (Lipinski definition) is 3. The Hall–Kier alpha value is -3.01. The van der Waals surface area contributed by atoms with Crippen LogP contribution in [0.25, 0.3) is 0 Å². The molecule has 0 saturated carbocycles. The van der Waals surface area contributed by atoms with E-state index in [0.717, 1.165) is 12.3 Å². The minimum Gasteiger partial charge on any atom is -0.402 e. The van der Waals surface area contributed by atoms with E-state index in [2.05, 4.69) is 15.6 Å². The highest BCUT2D eigenvalue weighted by Gasteiger charge is 2.30. The van der Waals surface area contributed by atoms with E-state index in [-0.39, 0.29) is 36.4 Å². The minimum atomic E-state index is -4.44. The smallest absolute Gasteiger partial charge is 0.402 e. The summed E-state index contributed by atoms with van der Waals surface area (Å²) in [7, 11) is 0. The molecule has 0 fully saturated rings. The number of carbonyl (C=O) groups excluding carboxylic acids is 2. The van der Waals surface area contributed by atoms with Crippen LogP contribution in [0.5, 0.6) is 0 Å². The zero-order valence-electron chi connectivity index (χ0n) is 16.1. The summed E-state index contributed by atoms with van der Waals surface area (Å²) < 4.78 is 37.6. The maximum absolute atomic E-state index is 12.5. The summed E-state index contributed by atoms with van der Waals surface area (Å²) in [6, 6.07) is 9.04. The fourth-order valence-electron chi connectivity index (χ4n) is 2.35. The number of nitrogens with zero attached hydrogens (tertiary/aromatic N) is 1. The van der Waals surface area contributed by atoms with Gasteiger partial charge in [0.25, 0.3) is 5.91 Å². The lowest BCUT2D eigenvalue weighted by Gasteiger charge is -2.11. The van der Waals surface area contributed by atoms with Gasteiger partial charge < -0.3 is 16.4 Å². The van der Waals surface area contributed by atoms with Gasteiger partial charge in [-0.3, -0.25) is 9.59 Å². The third-order valence-corrected chi connectivity index (χ3v) is 4.79. The number of thioether (sulfide) groups is 1. The number of aromatic nitrogens is 1. The lowest BCUT2D eigenvalue weighted by atomic mass is 10.2. The van der Waals surface area contributed by atoms with E-state index in [0.29, 0.717) is 16.2 Å². The highest BCUT2D eigenvalue weighted by atomic mass is 32.2. The third kappa shape index (κ3) is 7.43. The van der Waals surface area contributed by atoms with E-state index in [1.807, 2.05) is 0 Å². The number of nitrogens with one attached hydrogen (secondary N) is 2. The Kier molecular flexibility index (Phi) is 8.28. The molecule has 10 heteroatoms. The van der Waals surface area contributed by atoms with E-state index >= 15 is 0 Å². The van der Waals surface area contributed by atoms with Crippen molar-refractivity contribution in [2.75, 3.05) is 24.2 Å². The third-order valence-electron chi connectivity index (χ3n) is 3.70. The number of pyridine rings is 1. The normalized spacial score (nSPS) is 11.8. The van der Waals surface area contributed by atoms with Crippen LogP contribution in [0, 0.1) is 0 Å². The highest BCUT2D eigenvalue weighted by molar-refractivity contribution is 8.00. The van der Waals surface area contributed by atoms with E-state index in [9.17, 15) is 22.8 Å². The van der Waals surface area contributed by atoms with Gasteiger partial charge in [-0.2, -0.15) is 13.2 Å². The second-order valence-electron chi connectivity index (χ2n) is 6.25. The molecule has 0 atom stereocenters. The van der Waals surface area contributed by atoms with Crippen LogP contribution >= 0.6 is 11.8 Å². The van der Waals surface area contributed by atoms with Crippen LogP contribution < -0.4 is 16.4 Å². The van der Waals surface area contributed by atoms with Crippen LogP contribution in [0.3, 0.4) is 0 Å². The van der Waals surface area contributed by atoms with Crippen LogP contribution in [0.1, 0.15) is 22.8 Å². The molecule has 1 heterocycles. The molecule has 1 aromatic carbocycles. The van der Waals surface area contributed by atoms with Crippen molar-refractivity contribution < 1.29 is 22.8 Å². The molecule has 0 spiro atoms. The molecule has 0 saturated heterocycles. The molecule has 2 rings (SSSR count). The zero-order chi connectivity index (χ0) is 22.1. The molecule has 0 unspecified atom stereocenters. The summed E-state index contributed by atoms with van der Waals surface area (Å²) in [5.41, 5.74) is 5.50. The average molecular weight is 438 g/mol. The summed E-state index contributed by atoms with van der Waals surface area (Å²) in [6.45, 7) is 2.13. The Morgan fingerprint density at radius 1 is 1.17 bits per heavy atom. The van der Waals surface area contributed by atoms with Crippen molar-refractivity contribution in [1.29, 1.82) is 0 Å². The molecule has 30 heavy (non-hydrogen) atoms. The number of benzene rings is 1. The number of rotatable bonds is 9. The number of hydrogen-bond acceptors (Lipinski definition) is 6.